The Labute approximate surface area is 128 Å². The Hall–Kier alpha value is -2.26. The van der Waals surface area contributed by atoms with Crippen molar-refractivity contribution in [2.24, 2.45) is 0 Å². The molecule has 0 bridgehead atoms. The van der Waals surface area contributed by atoms with Crippen LogP contribution in [-0.4, -0.2) is 28.1 Å². The van der Waals surface area contributed by atoms with Gasteiger partial charge in [0.1, 0.15) is 10.7 Å². The van der Waals surface area contributed by atoms with Gasteiger partial charge in [0, 0.05) is 18.7 Å². The van der Waals surface area contributed by atoms with Crippen molar-refractivity contribution in [1.29, 1.82) is 0 Å². The highest BCUT2D eigenvalue weighted by Crippen LogP contribution is 2.33. The molecule has 0 saturated carbocycles. The van der Waals surface area contributed by atoms with Crippen LogP contribution in [0, 0.1) is 17.0 Å². The van der Waals surface area contributed by atoms with Gasteiger partial charge in [-0.1, -0.05) is 22.9 Å². The van der Waals surface area contributed by atoms with E-state index in [0.29, 0.717) is 10.1 Å². The lowest BCUT2D eigenvalue weighted by Crippen LogP contribution is -2.12. The molecular formula is C11H10ClN5O3S. The molecule has 0 aliphatic rings. The number of carbonyl (C=O) groups is 1. The number of nitrogens with one attached hydrogen (secondary N) is 2. The number of hydrogen-bond donors (Lipinski definition) is 2. The van der Waals surface area contributed by atoms with Crippen molar-refractivity contribution in [3.63, 3.8) is 0 Å². The Balaban J connectivity index is 2.35. The van der Waals surface area contributed by atoms with Crippen molar-refractivity contribution < 1.29 is 9.72 Å². The quantitative estimate of drug-likeness (QED) is 0.660. The van der Waals surface area contributed by atoms with Gasteiger partial charge in [-0.15, -0.1) is 10.2 Å². The molecule has 110 valence electrons. The predicted octanol–water partition coefficient (Wildman–Crippen LogP) is 2.70. The van der Waals surface area contributed by atoms with Crippen LogP contribution >= 0.6 is 22.9 Å². The molecule has 1 aromatic heterocycles. The molecule has 8 nitrogen and oxygen atoms in total. The summed E-state index contributed by atoms with van der Waals surface area (Å²) in [6.07, 6.45) is 0. The van der Waals surface area contributed by atoms with E-state index in [-0.39, 0.29) is 22.0 Å². The van der Waals surface area contributed by atoms with Crippen LogP contribution in [0.3, 0.4) is 0 Å². The second-order valence-corrected chi connectivity index (χ2v) is 5.53. The van der Waals surface area contributed by atoms with E-state index in [4.69, 9.17) is 11.6 Å². The lowest BCUT2D eigenvalue weighted by Gasteiger charge is -2.07. The minimum atomic E-state index is -0.608. The SMILES string of the molecule is CNc1c(Cl)cc(C(=O)Nc2nnc(C)s2)cc1[N+](=O)[O-]. The number of amides is 1. The highest BCUT2D eigenvalue weighted by molar-refractivity contribution is 7.15. The van der Waals surface area contributed by atoms with E-state index >= 15 is 0 Å². The van der Waals surface area contributed by atoms with Gasteiger partial charge in [0.05, 0.1) is 9.95 Å². The summed E-state index contributed by atoms with van der Waals surface area (Å²) < 4.78 is 0. The van der Waals surface area contributed by atoms with E-state index in [1.165, 1.54) is 24.5 Å². The molecule has 0 aliphatic carbocycles. The first kappa shape index (κ1) is 15.1. The number of benzene rings is 1. The van der Waals surface area contributed by atoms with Crippen LogP contribution in [-0.2, 0) is 0 Å². The van der Waals surface area contributed by atoms with Gasteiger partial charge in [-0.25, -0.2) is 0 Å². The topological polar surface area (TPSA) is 110 Å². The molecule has 10 heteroatoms. The third-order valence-electron chi connectivity index (χ3n) is 2.52. The monoisotopic (exact) mass is 327 g/mol. The molecule has 2 N–H and O–H groups in total. The van der Waals surface area contributed by atoms with Crippen LogP contribution < -0.4 is 10.6 Å². The van der Waals surface area contributed by atoms with Crippen LogP contribution in [0.1, 0.15) is 15.4 Å². The fourth-order valence-corrected chi connectivity index (χ4v) is 2.53. The van der Waals surface area contributed by atoms with Gasteiger partial charge in [-0.2, -0.15) is 0 Å². The zero-order valence-electron chi connectivity index (χ0n) is 11.0. The van der Waals surface area contributed by atoms with E-state index < -0.39 is 10.8 Å². The second kappa shape index (κ2) is 6.02. The Morgan fingerprint density at radius 1 is 1.43 bits per heavy atom. The van der Waals surface area contributed by atoms with Gasteiger partial charge < -0.3 is 5.32 Å². The zero-order chi connectivity index (χ0) is 15.6. The molecule has 2 aromatic rings. The van der Waals surface area contributed by atoms with Crippen molar-refractivity contribution in [3.8, 4) is 0 Å². The molecule has 1 aromatic carbocycles. The normalized spacial score (nSPS) is 10.2. The van der Waals surface area contributed by atoms with Gasteiger partial charge >= 0.3 is 0 Å². The summed E-state index contributed by atoms with van der Waals surface area (Å²) in [6.45, 7) is 1.75. The molecule has 0 aliphatic heterocycles. The summed E-state index contributed by atoms with van der Waals surface area (Å²) in [7, 11) is 1.51. The van der Waals surface area contributed by atoms with E-state index in [2.05, 4.69) is 20.8 Å². The fraction of sp³-hybridized carbons (Fsp3) is 0.182. The number of aryl methyl sites for hydroxylation is 1. The highest BCUT2D eigenvalue weighted by atomic mass is 35.5. The van der Waals surface area contributed by atoms with Gasteiger partial charge in [0.25, 0.3) is 11.6 Å². The molecule has 0 spiro atoms. The van der Waals surface area contributed by atoms with Crippen molar-refractivity contribution in [3.05, 3.63) is 37.8 Å². The van der Waals surface area contributed by atoms with E-state index in [0.717, 1.165) is 6.07 Å². The first-order valence-electron chi connectivity index (χ1n) is 5.69. The number of anilines is 2. The fourth-order valence-electron chi connectivity index (χ4n) is 1.63. The van der Waals surface area contributed by atoms with Gasteiger partial charge in [-0.05, 0) is 13.0 Å². The summed E-state index contributed by atoms with van der Waals surface area (Å²) in [5.74, 6) is -0.543. The number of carbonyl (C=O) groups excluding carboxylic acids is 1. The van der Waals surface area contributed by atoms with Crippen LogP contribution in [0.5, 0.6) is 0 Å². The van der Waals surface area contributed by atoms with E-state index in [9.17, 15) is 14.9 Å². The van der Waals surface area contributed by atoms with Gasteiger partial charge in [0.2, 0.25) is 5.13 Å². The highest BCUT2D eigenvalue weighted by Gasteiger charge is 2.21. The molecule has 0 saturated heterocycles. The van der Waals surface area contributed by atoms with Crippen molar-refractivity contribution in [2.45, 2.75) is 6.92 Å². The molecule has 2 rings (SSSR count). The molecule has 21 heavy (non-hydrogen) atoms. The van der Waals surface area contributed by atoms with Crippen molar-refractivity contribution in [1.82, 2.24) is 10.2 Å². The molecule has 0 unspecified atom stereocenters. The number of hydrogen-bond acceptors (Lipinski definition) is 7. The first-order valence-corrected chi connectivity index (χ1v) is 6.89. The largest absolute Gasteiger partial charge is 0.381 e. The first-order chi connectivity index (χ1) is 9.92. The van der Waals surface area contributed by atoms with Crippen LogP contribution in [0.15, 0.2) is 12.1 Å². The summed E-state index contributed by atoms with van der Waals surface area (Å²) in [5, 5.41) is 24.8. The molecule has 0 fully saturated rings. The maximum atomic E-state index is 12.1. The van der Waals surface area contributed by atoms with Gasteiger partial charge in [-0.3, -0.25) is 20.2 Å². The maximum absolute atomic E-state index is 12.1. The molecule has 0 atom stereocenters. The number of nitro groups is 1. The zero-order valence-corrected chi connectivity index (χ0v) is 12.6. The average Bonchev–Trinajstić information content (AvgIpc) is 2.82. The molecule has 0 radical (unpaired) electrons. The maximum Gasteiger partial charge on any atom is 0.294 e. The van der Waals surface area contributed by atoms with Gasteiger partial charge in [0.15, 0.2) is 0 Å². The van der Waals surface area contributed by atoms with Crippen molar-refractivity contribution >= 4 is 45.4 Å². The van der Waals surface area contributed by atoms with Crippen LogP contribution in [0.4, 0.5) is 16.5 Å². The Morgan fingerprint density at radius 2 is 2.14 bits per heavy atom. The van der Waals surface area contributed by atoms with Crippen LogP contribution in [0.25, 0.3) is 0 Å². The predicted molar refractivity (Wildman–Crippen MR) is 80.3 cm³/mol. The lowest BCUT2D eigenvalue weighted by molar-refractivity contribution is -0.383. The summed E-state index contributed by atoms with van der Waals surface area (Å²) in [5.41, 5.74) is -0.0490. The van der Waals surface area contributed by atoms with Crippen LogP contribution in [0.2, 0.25) is 5.02 Å². The van der Waals surface area contributed by atoms with Crippen molar-refractivity contribution in [2.75, 3.05) is 17.7 Å². The molecular weight excluding hydrogens is 318 g/mol. The number of nitro benzene ring substituents is 1. The Morgan fingerprint density at radius 3 is 2.67 bits per heavy atom. The Kier molecular flexibility index (Phi) is 4.34. The van der Waals surface area contributed by atoms with E-state index in [1.807, 2.05) is 0 Å². The Bertz CT molecular complexity index is 718. The second-order valence-electron chi connectivity index (χ2n) is 3.94. The third kappa shape index (κ3) is 3.26. The molecule has 1 heterocycles. The molecule has 1 amide bonds. The summed E-state index contributed by atoms with van der Waals surface area (Å²) in [6, 6.07) is 2.50. The average molecular weight is 328 g/mol. The summed E-state index contributed by atoms with van der Waals surface area (Å²) >= 11 is 7.16. The minimum absolute atomic E-state index is 0.0681. The smallest absolute Gasteiger partial charge is 0.294 e. The number of aromatic nitrogens is 2. The lowest BCUT2D eigenvalue weighted by atomic mass is 10.1. The number of rotatable bonds is 4. The number of nitrogens with zero attached hydrogens (tertiary/aromatic N) is 3. The summed E-state index contributed by atoms with van der Waals surface area (Å²) in [4.78, 5) is 22.5. The third-order valence-corrected chi connectivity index (χ3v) is 3.58. The number of halogens is 1. The van der Waals surface area contributed by atoms with E-state index in [1.54, 1.807) is 6.92 Å². The minimum Gasteiger partial charge on any atom is -0.381 e. The standard InChI is InChI=1S/C11H10ClN5O3S/c1-5-15-16-11(21-5)14-10(18)6-3-7(12)9(13-2)8(4-6)17(19)20/h3-4,13H,1-2H3,(H,14,16,18).